The molecule has 0 bridgehead atoms. The molecule has 0 amide bonds. The molecule has 3 atom stereocenters. The Hall–Kier alpha value is -2.61. The van der Waals surface area contributed by atoms with E-state index in [1.807, 2.05) is 0 Å². The van der Waals surface area contributed by atoms with E-state index in [-0.39, 0.29) is 28.0 Å². The maximum Gasteiger partial charge on any atom is 0.252 e. The van der Waals surface area contributed by atoms with Gasteiger partial charge in [-0.1, -0.05) is 51.8 Å². The Bertz CT molecular complexity index is 1740. The van der Waals surface area contributed by atoms with Gasteiger partial charge in [-0.25, -0.2) is 29.9 Å². The molecule has 13 heteroatoms. The van der Waals surface area contributed by atoms with Crippen molar-refractivity contribution < 1.29 is 30.4 Å². The minimum absolute atomic E-state index is 0.167. The number of nitrogens with one attached hydrogen (secondary N) is 1. The number of ether oxygens (including phenoxy) is 1. The molecule has 0 saturated carbocycles. The smallest absolute Gasteiger partial charge is 0.252 e. The Labute approximate surface area is 264 Å². The maximum absolute atomic E-state index is 16.4. The van der Waals surface area contributed by atoms with Crippen molar-refractivity contribution in [1.29, 1.82) is 0 Å². The van der Waals surface area contributed by atoms with Crippen molar-refractivity contribution in [3.05, 3.63) is 112 Å². The average molecular weight is 716 g/mol. The highest BCUT2D eigenvalue weighted by Crippen LogP contribution is 2.38. The average Bonchev–Trinajstić information content (AvgIpc) is 2.97. The van der Waals surface area contributed by atoms with Gasteiger partial charge in [0.2, 0.25) is 19.9 Å². The lowest BCUT2D eigenvalue weighted by molar-refractivity contribution is 0.254. The van der Waals surface area contributed by atoms with E-state index < -0.39 is 42.8 Å². The van der Waals surface area contributed by atoms with Gasteiger partial charge in [-0.2, -0.15) is 0 Å². The second-order valence-corrected chi connectivity index (χ2v) is 15.4. The van der Waals surface area contributed by atoms with Crippen LogP contribution in [0.1, 0.15) is 24.9 Å². The maximum atomic E-state index is 16.4. The van der Waals surface area contributed by atoms with E-state index in [9.17, 15) is 21.2 Å². The van der Waals surface area contributed by atoms with Crippen LogP contribution in [0.3, 0.4) is 0 Å². The molecule has 0 fully saturated rings. The Balaban J connectivity index is 1.45. The van der Waals surface area contributed by atoms with Crippen molar-refractivity contribution in [2.45, 2.75) is 40.2 Å². The largest absolute Gasteiger partial charge is 0.493 e. The van der Waals surface area contributed by atoms with E-state index in [4.69, 9.17) is 16.3 Å². The monoisotopic (exact) mass is 714 g/mol. The number of alkyl halides is 1. The molecule has 0 saturated heterocycles. The number of hydrogen-bond acceptors (Lipinski definition) is 6. The standard InChI is InChI=1S/C30H30BrClF2N2O5S2/c1-21(35-29-20-24(33)15-16-30(29,34)42(37,38)25-13-11-23(32)12-14-25)27-9-3-4-10-28(27)41-18-6-17-36(2)43(39,40)26-8-5-7-22(31)19-26/h3-5,7-16,19-21,29,35H,6,17-18H2,1-2H3. The molecule has 4 rings (SSSR count). The fourth-order valence-electron chi connectivity index (χ4n) is 4.56. The van der Waals surface area contributed by atoms with Gasteiger partial charge in [-0.05, 0) is 80.1 Å². The SMILES string of the molecule is CC(NC1C=C(F)C=CC1(F)S(=O)(=O)c1ccc(Cl)cc1)c1ccccc1OCCCN(C)S(=O)(=O)c1cccc(Br)c1. The minimum Gasteiger partial charge on any atom is -0.493 e. The molecule has 3 unspecified atom stereocenters. The van der Waals surface area contributed by atoms with Gasteiger partial charge in [0, 0.05) is 34.7 Å². The lowest BCUT2D eigenvalue weighted by Crippen LogP contribution is -2.52. The van der Waals surface area contributed by atoms with Crippen LogP contribution >= 0.6 is 27.5 Å². The molecule has 1 aliphatic rings. The summed E-state index contributed by atoms with van der Waals surface area (Å²) in [5.41, 5.74) is 0.576. The number of rotatable bonds is 12. The van der Waals surface area contributed by atoms with Gasteiger partial charge in [-0.15, -0.1) is 0 Å². The first-order chi connectivity index (χ1) is 20.3. The number of benzene rings is 3. The van der Waals surface area contributed by atoms with Crippen LogP contribution in [-0.4, -0.2) is 52.4 Å². The molecular formula is C30H30BrClF2N2O5S2. The van der Waals surface area contributed by atoms with Gasteiger partial charge < -0.3 is 4.74 Å². The molecule has 0 spiro atoms. The Morgan fingerprint density at radius 3 is 2.44 bits per heavy atom. The number of hydrogen-bond donors (Lipinski definition) is 1. The summed E-state index contributed by atoms with van der Waals surface area (Å²) >= 11 is 9.16. The van der Waals surface area contributed by atoms with Gasteiger partial charge in [0.25, 0.3) is 5.00 Å². The first kappa shape index (κ1) is 33.3. The quantitative estimate of drug-likeness (QED) is 0.208. The fraction of sp³-hybridized carbons (Fsp3) is 0.267. The molecule has 43 heavy (non-hydrogen) atoms. The van der Waals surface area contributed by atoms with E-state index in [2.05, 4.69) is 21.2 Å². The van der Waals surface area contributed by atoms with Crippen LogP contribution in [0.4, 0.5) is 8.78 Å². The molecule has 0 aromatic heterocycles. The van der Waals surface area contributed by atoms with Crippen molar-refractivity contribution in [3.8, 4) is 5.75 Å². The normalized spacial score (nSPS) is 19.7. The third kappa shape index (κ3) is 7.38. The molecule has 230 valence electrons. The van der Waals surface area contributed by atoms with E-state index in [1.165, 1.54) is 47.8 Å². The summed E-state index contributed by atoms with van der Waals surface area (Å²) < 4.78 is 91.2. The molecule has 3 aromatic rings. The number of sulfone groups is 1. The van der Waals surface area contributed by atoms with Crippen molar-refractivity contribution in [3.63, 3.8) is 0 Å². The molecule has 3 aromatic carbocycles. The summed E-state index contributed by atoms with van der Waals surface area (Å²) in [6.07, 6.45) is 2.77. The molecule has 0 aliphatic heterocycles. The lowest BCUT2D eigenvalue weighted by atomic mass is 10.0. The topological polar surface area (TPSA) is 92.8 Å². The first-order valence-electron chi connectivity index (χ1n) is 13.2. The summed E-state index contributed by atoms with van der Waals surface area (Å²) in [6, 6.07) is 16.2. The molecule has 7 nitrogen and oxygen atoms in total. The molecule has 1 aliphatic carbocycles. The van der Waals surface area contributed by atoms with Crippen molar-refractivity contribution in [2.75, 3.05) is 20.2 Å². The van der Waals surface area contributed by atoms with Gasteiger partial charge >= 0.3 is 0 Å². The van der Waals surface area contributed by atoms with Gasteiger partial charge in [0.1, 0.15) is 11.6 Å². The highest BCUT2D eigenvalue weighted by Gasteiger charge is 2.51. The zero-order chi connectivity index (χ0) is 31.4. The summed E-state index contributed by atoms with van der Waals surface area (Å²) in [5, 5.41) is 0.207. The third-order valence-electron chi connectivity index (χ3n) is 6.95. The van der Waals surface area contributed by atoms with Crippen LogP contribution in [0, 0.1) is 0 Å². The Morgan fingerprint density at radius 2 is 1.74 bits per heavy atom. The van der Waals surface area contributed by atoms with Crippen LogP contribution in [0.25, 0.3) is 0 Å². The number of para-hydroxylation sites is 1. The van der Waals surface area contributed by atoms with Crippen molar-refractivity contribution in [1.82, 2.24) is 9.62 Å². The van der Waals surface area contributed by atoms with Crippen LogP contribution in [0.5, 0.6) is 5.75 Å². The van der Waals surface area contributed by atoms with Gasteiger partial charge in [0.15, 0.2) is 0 Å². The zero-order valence-electron chi connectivity index (χ0n) is 23.3. The highest BCUT2D eigenvalue weighted by atomic mass is 79.9. The van der Waals surface area contributed by atoms with E-state index >= 15 is 4.39 Å². The van der Waals surface area contributed by atoms with E-state index in [0.29, 0.717) is 28.3 Å². The number of halogens is 4. The Kier molecular flexibility index (Phi) is 10.5. The lowest BCUT2D eigenvalue weighted by Gasteiger charge is -2.34. The summed E-state index contributed by atoms with van der Waals surface area (Å²) in [5.74, 6) is -0.350. The molecule has 0 radical (unpaired) electrons. The van der Waals surface area contributed by atoms with Crippen LogP contribution in [0.2, 0.25) is 5.02 Å². The summed E-state index contributed by atoms with van der Waals surface area (Å²) in [6.45, 7) is 2.04. The second-order valence-electron chi connectivity index (χ2n) is 9.93. The van der Waals surface area contributed by atoms with Crippen molar-refractivity contribution in [2.24, 2.45) is 0 Å². The third-order valence-corrected chi connectivity index (χ3v) is 11.7. The Morgan fingerprint density at radius 1 is 1.05 bits per heavy atom. The first-order valence-corrected chi connectivity index (χ1v) is 17.3. The number of nitrogens with zero attached hydrogens (tertiary/aromatic N) is 1. The van der Waals surface area contributed by atoms with E-state index in [1.54, 1.807) is 43.3 Å². The van der Waals surface area contributed by atoms with Gasteiger partial charge in [-0.3, -0.25) is 5.32 Å². The second kappa shape index (κ2) is 13.6. The molecular weight excluding hydrogens is 686 g/mol. The molecule has 0 heterocycles. The predicted octanol–water partition coefficient (Wildman–Crippen LogP) is 6.77. The zero-order valence-corrected chi connectivity index (χ0v) is 27.2. The van der Waals surface area contributed by atoms with Gasteiger partial charge in [0.05, 0.1) is 22.4 Å². The van der Waals surface area contributed by atoms with Crippen molar-refractivity contribution >= 4 is 47.4 Å². The minimum atomic E-state index is -4.62. The van der Waals surface area contributed by atoms with Crippen LogP contribution in [0.15, 0.2) is 111 Å². The predicted molar refractivity (Wildman–Crippen MR) is 167 cm³/mol. The van der Waals surface area contributed by atoms with E-state index in [0.717, 1.165) is 12.2 Å². The molecule has 1 N–H and O–H groups in total. The summed E-state index contributed by atoms with van der Waals surface area (Å²) in [4.78, 5) is -0.129. The van der Waals surface area contributed by atoms with Crippen LogP contribution < -0.4 is 10.1 Å². The fourth-order valence-corrected chi connectivity index (χ4v) is 8.07. The van der Waals surface area contributed by atoms with Crippen LogP contribution in [-0.2, 0) is 19.9 Å². The number of allylic oxidation sites excluding steroid dienone is 2. The summed E-state index contributed by atoms with van der Waals surface area (Å²) in [7, 11) is -6.82. The number of sulfonamides is 1. The highest BCUT2D eigenvalue weighted by molar-refractivity contribution is 9.10.